The molecule has 0 unspecified atom stereocenters. The maximum absolute atomic E-state index is 6.20. The molecule has 3 nitrogen and oxygen atoms in total. The molecule has 3 rings (SSSR count). The summed E-state index contributed by atoms with van der Waals surface area (Å²) in [4.78, 5) is 0. The van der Waals surface area contributed by atoms with Gasteiger partial charge in [0.15, 0.2) is 11.5 Å². The zero-order valence-corrected chi connectivity index (χ0v) is 17.8. The van der Waals surface area contributed by atoms with E-state index in [-0.39, 0.29) is 19.0 Å². The number of halogens is 3. The minimum Gasteiger partial charge on any atom is -0.493 e. The molecule has 0 aromatic heterocycles. The van der Waals surface area contributed by atoms with Crippen molar-refractivity contribution < 1.29 is 9.47 Å². The molecule has 0 aliphatic heterocycles. The SMILES string of the molecule is COc1cc(CNCc2ccccc2)ccc1OCc1c(Cl)cccc1Cl.Cl. The lowest BCUT2D eigenvalue weighted by atomic mass is 10.2. The fourth-order valence-electron chi connectivity index (χ4n) is 2.71. The van der Waals surface area contributed by atoms with Crippen LogP contribution in [0.15, 0.2) is 66.7 Å². The van der Waals surface area contributed by atoms with Crippen molar-refractivity contribution in [3.05, 3.63) is 93.5 Å². The van der Waals surface area contributed by atoms with Gasteiger partial charge in [-0.15, -0.1) is 12.4 Å². The smallest absolute Gasteiger partial charge is 0.161 e. The quantitative estimate of drug-likeness (QED) is 0.448. The third-order valence-corrected chi connectivity index (χ3v) is 4.87. The van der Waals surface area contributed by atoms with Crippen LogP contribution in [0.1, 0.15) is 16.7 Å². The molecule has 0 saturated carbocycles. The molecule has 0 radical (unpaired) electrons. The van der Waals surface area contributed by atoms with Crippen molar-refractivity contribution >= 4 is 35.6 Å². The summed E-state index contributed by atoms with van der Waals surface area (Å²) in [6.45, 7) is 1.83. The van der Waals surface area contributed by atoms with Gasteiger partial charge < -0.3 is 14.8 Å². The van der Waals surface area contributed by atoms with Gasteiger partial charge in [0, 0.05) is 28.7 Å². The second kappa shape index (κ2) is 11.2. The molecule has 3 aromatic rings. The Bertz CT molecular complexity index is 868. The first-order valence-corrected chi connectivity index (χ1v) is 9.40. The molecule has 28 heavy (non-hydrogen) atoms. The number of ether oxygens (including phenoxy) is 2. The Morgan fingerprint density at radius 3 is 2.14 bits per heavy atom. The Morgan fingerprint density at radius 1 is 0.786 bits per heavy atom. The average Bonchev–Trinajstić information content (AvgIpc) is 2.69. The highest BCUT2D eigenvalue weighted by Gasteiger charge is 2.10. The van der Waals surface area contributed by atoms with E-state index < -0.39 is 0 Å². The molecule has 0 saturated heterocycles. The molecule has 3 aromatic carbocycles. The third-order valence-electron chi connectivity index (χ3n) is 4.16. The highest BCUT2D eigenvalue weighted by molar-refractivity contribution is 6.35. The maximum atomic E-state index is 6.20. The summed E-state index contributed by atoms with van der Waals surface area (Å²) < 4.78 is 11.4. The Labute approximate surface area is 182 Å². The minimum atomic E-state index is 0. The van der Waals surface area contributed by atoms with E-state index in [4.69, 9.17) is 32.7 Å². The minimum absolute atomic E-state index is 0. The van der Waals surface area contributed by atoms with Gasteiger partial charge in [-0.2, -0.15) is 0 Å². The van der Waals surface area contributed by atoms with Crippen molar-refractivity contribution in [3.63, 3.8) is 0 Å². The first-order valence-electron chi connectivity index (χ1n) is 8.64. The van der Waals surface area contributed by atoms with Gasteiger partial charge in [-0.25, -0.2) is 0 Å². The standard InChI is InChI=1S/C22H21Cl2NO2.ClH/c1-26-22-12-17(14-25-13-16-6-3-2-4-7-16)10-11-21(22)27-15-18-19(23)8-5-9-20(18)24;/h2-12,25H,13-15H2,1H3;1H. The van der Waals surface area contributed by atoms with Crippen LogP contribution in [0.2, 0.25) is 10.0 Å². The zero-order valence-electron chi connectivity index (χ0n) is 15.5. The van der Waals surface area contributed by atoms with E-state index in [1.165, 1.54) is 5.56 Å². The van der Waals surface area contributed by atoms with Gasteiger partial charge >= 0.3 is 0 Å². The van der Waals surface area contributed by atoms with E-state index in [0.29, 0.717) is 21.5 Å². The maximum Gasteiger partial charge on any atom is 0.161 e. The van der Waals surface area contributed by atoms with E-state index >= 15 is 0 Å². The molecule has 6 heteroatoms. The van der Waals surface area contributed by atoms with Crippen LogP contribution in [0.4, 0.5) is 0 Å². The van der Waals surface area contributed by atoms with Crippen molar-refractivity contribution in [2.75, 3.05) is 7.11 Å². The van der Waals surface area contributed by atoms with Crippen LogP contribution >= 0.6 is 35.6 Å². The summed E-state index contributed by atoms with van der Waals surface area (Å²) >= 11 is 12.4. The Kier molecular flexibility index (Phi) is 8.94. The second-order valence-corrected chi connectivity index (χ2v) is 6.88. The van der Waals surface area contributed by atoms with E-state index in [2.05, 4.69) is 17.4 Å². The summed E-state index contributed by atoms with van der Waals surface area (Å²) in [6.07, 6.45) is 0. The number of rotatable bonds is 8. The van der Waals surface area contributed by atoms with Gasteiger partial charge in [-0.05, 0) is 35.4 Å². The lowest BCUT2D eigenvalue weighted by molar-refractivity contribution is 0.284. The van der Waals surface area contributed by atoms with Crippen molar-refractivity contribution in [3.8, 4) is 11.5 Å². The first-order chi connectivity index (χ1) is 13.2. The fraction of sp³-hybridized carbons (Fsp3) is 0.182. The summed E-state index contributed by atoms with van der Waals surface area (Å²) in [5.41, 5.74) is 3.13. The predicted octanol–water partition coefficient (Wildman–Crippen LogP) is 6.29. The molecular formula is C22H22Cl3NO2. The first kappa shape index (κ1) is 22.4. The number of benzene rings is 3. The third kappa shape index (κ3) is 6.05. The van der Waals surface area contributed by atoms with Crippen molar-refractivity contribution in [2.24, 2.45) is 0 Å². The Balaban J connectivity index is 0.00000280. The van der Waals surface area contributed by atoms with Crippen molar-refractivity contribution in [1.82, 2.24) is 5.32 Å². The topological polar surface area (TPSA) is 30.5 Å². The Morgan fingerprint density at radius 2 is 1.46 bits per heavy atom. The van der Waals surface area contributed by atoms with Crippen molar-refractivity contribution in [1.29, 1.82) is 0 Å². The normalized spacial score (nSPS) is 10.2. The van der Waals surface area contributed by atoms with Crippen LogP contribution in [0, 0.1) is 0 Å². The molecule has 0 aliphatic carbocycles. The van der Waals surface area contributed by atoms with Crippen LogP contribution in [0.25, 0.3) is 0 Å². The number of methoxy groups -OCH3 is 1. The second-order valence-electron chi connectivity index (χ2n) is 6.06. The van der Waals surface area contributed by atoms with Crippen LogP contribution in [0.5, 0.6) is 11.5 Å². The number of hydrogen-bond donors (Lipinski definition) is 1. The molecule has 0 aliphatic rings. The van der Waals surface area contributed by atoms with Crippen LogP contribution in [-0.2, 0) is 19.7 Å². The summed E-state index contributed by atoms with van der Waals surface area (Å²) in [7, 11) is 1.63. The zero-order chi connectivity index (χ0) is 19.1. The molecule has 0 spiro atoms. The highest BCUT2D eigenvalue weighted by Crippen LogP contribution is 2.31. The lowest BCUT2D eigenvalue weighted by Crippen LogP contribution is -2.12. The average molecular weight is 439 g/mol. The van der Waals surface area contributed by atoms with Crippen LogP contribution in [-0.4, -0.2) is 7.11 Å². The molecule has 0 atom stereocenters. The number of hydrogen-bond acceptors (Lipinski definition) is 3. The van der Waals surface area contributed by atoms with E-state index in [1.54, 1.807) is 19.2 Å². The summed E-state index contributed by atoms with van der Waals surface area (Å²) in [5, 5.41) is 4.60. The monoisotopic (exact) mass is 437 g/mol. The van der Waals surface area contributed by atoms with Crippen LogP contribution in [0.3, 0.4) is 0 Å². The lowest BCUT2D eigenvalue weighted by Gasteiger charge is -2.14. The van der Waals surface area contributed by atoms with Gasteiger partial charge in [-0.3, -0.25) is 0 Å². The van der Waals surface area contributed by atoms with Crippen LogP contribution < -0.4 is 14.8 Å². The molecular weight excluding hydrogens is 417 g/mol. The predicted molar refractivity (Wildman–Crippen MR) is 118 cm³/mol. The van der Waals surface area contributed by atoms with E-state index in [0.717, 1.165) is 24.2 Å². The molecule has 0 heterocycles. The van der Waals surface area contributed by atoms with Crippen molar-refractivity contribution in [2.45, 2.75) is 19.7 Å². The van der Waals surface area contributed by atoms with Gasteiger partial charge in [0.25, 0.3) is 0 Å². The highest BCUT2D eigenvalue weighted by atomic mass is 35.5. The van der Waals surface area contributed by atoms with Gasteiger partial charge in [0.05, 0.1) is 7.11 Å². The van der Waals surface area contributed by atoms with Gasteiger partial charge in [0.2, 0.25) is 0 Å². The summed E-state index contributed by atoms with van der Waals surface area (Å²) in [6, 6.07) is 21.6. The van der Waals surface area contributed by atoms with E-state index in [9.17, 15) is 0 Å². The summed E-state index contributed by atoms with van der Waals surface area (Å²) in [5.74, 6) is 1.33. The van der Waals surface area contributed by atoms with Gasteiger partial charge in [-0.1, -0.05) is 65.7 Å². The largest absolute Gasteiger partial charge is 0.493 e. The Hall–Kier alpha value is -1.91. The molecule has 0 fully saturated rings. The molecule has 0 bridgehead atoms. The van der Waals surface area contributed by atoms with Gasteiger partial charge in [0.1, 0.15) is 6.61 Å². The van der Waals surface area contributed by atoms with E-state index in [1.807, 2.05) is 42.5 Å². The number of nitrogens with one attached hydrogen (secondary N) is 1. The molecule has 1 N–H and O–H groups in total. The molecule has 0 amide bonds. The molecule has 148 valence electrons. The fourth-order valence-corrected chi connectivity index (χ4v) is 3.21.